The van der Waals surface area contributed by atoms with E-state index in [4.69, 9.17) is 26.5 Å². The van der Waals surface area contributed by atoms with Crippen molar-refractivity contribution in [2.45, 2.75) is 12.8 Å². The van der Waals surface area contributed by atoms with Crippen LogP contribution >= 0.6 is 11.6 Å². The molecule has 3 rings (SSSR count). The number of benzene rings is 1. The third-order valence-corrected chi connectivity index (χ3v) is 3.67. The lowest BCUT2D eigenvalue weighted by Crippen LogP contribution is -2.24. The van der Waals surface area contributed by atoms with Crippen molar-refractivity contribution in [3.05, 3.63) is 44.1 Å². The Morgan fingerprint density at radius 2 is 2.17 bits per heavy atom. The largest absolute Gasteiger partial charge is 0.492 e. The number of halogens is 1. The summed E-state index contributed by atoms with van der Waals surface area (Å²) in [6, 6.07) is 4.82. The van der Waals surface area contributed by atoms with E-state index in [0.717, 1.165) is 0 Å². The van der Waals surface area contributed by atoms with Gasteiger partial charge in [0.2, 0.25) is 11.8 Å². The number of amides is 1. The van der Waals surface area contributed by atoms with E-state index in [-0.39, 0.29) is 35.1 Å². The number of carbonyl (C=O) groups excluding carboxylic acids is 1. The number of carbonyl (C=O) groups is 1. The minimum absolute atomic E-state index is 0.107. The highest BCUT2D eigenvalue weighted by Crippen LogP contribution is 2.35. The average molecular weight is 350 g/mol. The van der Waals surface area contributed by atoms with Gasteiger partial charge in [0.1, 0.15) is 16.3 Å². The maximum Gasteiger partial charge on any atom is 0.351 e. The van der Waals surface area contributed by atoms with Crippen molar-refractivity contribution in [2.24, 2.45) is 5.73 Å². The summed E-state index contributed by atoms with van der Waals surface area (Å²) in [7, 11) is 0. The number of aromatic amines is 1. The minimum atomic E-state index is -0.800. The predicted octanol–water partition coefficient (Wildman–Crippen LogP) is 1.28. The van der Waals surface area contributed by atoms with Crippen molar-refractivity contribution in [1.82, 2.24) is 9.97 Å². The van der Waals surface area contributed by atoms with E-state index in [1.807, 2.05) is 0 Å². The van der Waals surface area contributed by atoms with E-state index in [9.17, 15) is 14.4 Å². The lowest BCUT2D eigenvalue weighted by atomic mass is 10.1. The number of nitrogens with two attached hydrogens (primary N) is 1. The van der Waals surface area contributed by atoms with Gasteiger partial charge in [0, 0.05) is 11.8 Å². The van der Waals surface area contributed by atoms with Crippen LogP contribution < -0.4 is 21.7 Å². The number of aromatic nitrogens is 2. The van der Waals surface area contributed by atoms with Crippen molar-refractivity contribution in [1.29, 1.82) is 0 Å². The van der Waals surface area contributed by atoms with Gasteiger partial charge in [-0.2, -0.15) is 4.98 Å². The van der Waals surface area contributed by atoms with Crippen molar-refractivity contribution in [3.63, 3.8) is 0 Å². The average Bonchev–Trinajstić information content (AvgIpc) is 2.52. The molecule has 0 atom stereocenters. The van der Waals surface area contributed by atoms with Crippen LogP contribution in [-0.2, 0) is 4.79 Å². The van der Waals surface area contributed by atoms with Gasteiger partial charge in [0.05, 0.1) is 6.61 Å². The molecule has 0 unspecified atom stereocenters. The summed E-state index contributed by atoms with van der Waals surface area (Å²) >= 11 is 6.26. The molecule has 0 aromatic heterocycles. The van der Waals surface area contributed by atoms with Gasteiger partial charge in [-0.25, -0.2) is 4.79 Å². The summed E-state index contributed by atoms with van der Waals surface area (Å²) in [5.41, 5.74) is 4.06. The Bertz CT molecular complexity index is 1010. The number of H-pyrrole nitrogens is 1. The van der Waals surface area contributed by atoms with Crippen LogP contribution in [0.3, 0.4) is 0 Å². The molecule has 1 aromatic rings. The highest BCUT2D eigenvalue weighted by molar-refractivity contribution is 6.36. The van der Waals surface area contributed by atoms with E-state index < -0.39 is 17.2 Å². The number of nitrogens with one attached hydrogen (secondary N) is 1. The molecule has 0 fully saturated rings. The molecule has 2 aliphatic rings. The predicted molar refractivity (Wildman–Crippen MR) is 86.5 cm³/mol. The first-order valence-electron chi connectivity index (χ1n) is 7.03. The molecule has 0 spiro atoms. The van der Waals surface area contributed by atoms with Crippen molar-refractivity contribution in [2.75, 3.05) is 6.61 Å². The third-order valence-electron chi connectivity index (χ3n) is 3.31. The molecular weight excluding hydrogens is 338 g/mol. The first kappa shape index (κ1) is 16.0. The number of hydrogen-bond donors (Lipinski definition) is 2. The second kappa shape index (κ2) is 6.32. The molecule has 3 N–H and O–H groups in total. The van der Waals surface area contributed by atoms with Crippen molar-refractivity contribution < 1.29 is 13.9 Å². The van der Waals surface area contributed by atoms with Gasteiger partial charge in [0.15, 0.2) is 5.58 Å². The zero-order valence-electron chi connectivity index (χ0n) is 12.3. The van der Waals surface area contributed by atoms with E-state index in [1.165, 1.54) is 6.07 Å². The molecule has 0 bridgehead atoms. The van der Waals surface area contributed by atoms with Crippen LogP contribution in [0.1, 0.15) is 12.8 Å². The molecule has 9 heteroatoms. The van der Waals surface area contributed by atoms with E-state index in [0.29, 0.717) is 17.6 Å². The van der Waals surface area contributed by atoms with Crippen LogP contribution in [0.15, 0.2) is 32.2 Å². The molecular formula is C15H12ClN3O5. The first-order chi connectivity index (χ1) is 11.5. The molecule has 2 heterocycles. The van der Waals surface area contributed by atoms with Crippen molar-refractivity contribution in [3.8, 4) is 17.2 Å². The Morgan fingerprint density at radius 3 is 2.92 bits per heavy atom. The third kappa shape index (κ3) is 3.09. The maximum absolute atomic E-state index is 11.8. The summed E-state index contributed by atoms with van der Waals surface area (Å²) in [6.07, 6.45) is 0.661. The van der Waals surface area contributed by atoms with Crippen LogP contribution in [-0.4, -0.2) is 22.5 Å². The van der Waals surface area contributed by atoms with Gasteiger partial charge < -0.3 is 14.9 Å². The molecule has 0 saturated carbocycles. The molecule has 8 nitrogen and oxygen atoms in total. The lowest BCUT2D eigenvalue weighted by molar-refractivity contribution is -0.118. The monoisotopic (exact) mass is 349 g/mol. The fourth-order valence-corrected chi connectivity index (χ4v) is 2.47. The van der Waals surface area contributed by atoms with E-state index in [1.54, 1.807) is 12.1 Å². The number of primary amides is 1. The highest BCUT2D eigenvalue weighted by atomic mass is 35.5. The normalized spacial score (nSPS) is 11.0. The van der Waals surface area contributed by atoms with Gasteiger partial charge >= 0.3 is 5.69 Å². The van der Waals surface area contributed by atoms with Gasteiger partial charge in [-0.3, -0.25) is 14.6 Å². The summed E-state index contributed by atoms with van der Waals surface area (Å²) in [4.78, 5) is 39.5. The zero-order valence-corrected chi connectivity index (χ0v) is 13.1. The second-order valence-corrected chi connectivity index (χ2v) is 5.43. The molecule has 1 aromatic carbocycles. The van der Waals surface area contributed by atoms with Crippen LogP contribution in [0.5, 0.6) is 5.75 Å². The highest BCUT2D eigenvalue weighted by Gasteiger charge is 2.17. The lowest BCUT2D eigenvalue weighted by Gasteiger charge is -2.10. The van der Waals surface area contributed by atoms with Gasteiger partial charge in [-0.1, -0.05) is 11.6 Å². The summed E-state index contributed by atoms with van der Waals surface area (Å²) in [5, 5.41) is 0.742. The molecule has 0 radical (unpaired) electrons. The molecule has 1 amide bonds. The number of hydrogen-bond acceptors (Lipinski definition) is 6. The van der Waals surface area contributed by atoms with Gasteiger partial charge in [-0.05, 0) is 24.6 Å². The smallest absolute Gasteiger partial charge is 0.351 e. The second-order valence-electron chi connectivity index (χ2n) is 5.05. The van der Waals surface area contributed by atoms with E-state index in [2.05, 4.69) is 9.97 Å². The summed E-state index contributed by atoms with van der Waals surface area (Å²) in [5.74, 6) is -0.164. The Morgan fingerprint density at radius 1 is 1.38 bits per heavy atom. The minimum Gasteiger partial charge on any atom is -0.492 e. The fraction of sp³-hybridized carbons (Fsp3) is 0.200. The Labute approximate surface area is 139 Å². The molecule has 0 aliphatic carbocycles. The quantitative estimate of drug-likeness (QED) is 0.527. The number of fused-ring (bicyclic) bond motifs is 2. The summed E-state index contributed by atoms with van der Waals surface area (Å²) < 4.78 is 11.0. The topological polar surface area (TPSA) is 128 Å². The molecule has 2 aliphatic heterocycles. The van der Waals surface area contributed by atoms with Crippen molar-refractivity contribution >= 4 is 28.5 Å². The Hall–Kier alpha value is -2.87. The standard InChI is InChI=1S/C15H12ClN3O5/c16-11-9(23-5-1-2-10(17)20)4-3-7-6-8-13(21)18-15(22)19-14(8)24-12(7)11/h3-4,6H,1-2,5H2,(H2,17,20)(H,18,21,22). The Kier molecular flexibility index (Phi) is 4.22. The summed E-state index contributed by atoms with van der Waals surface area (Å²) in [6.45, 7) is 0.254. The number of nitrogens with zero attached hydrogens (tertiary/aromatic N) is 1. The van der Waals surface area contributed by atoms with Crippen LogP contribution in [0.4, 0.5) is 0 Å². The van der Waals surface area contributed by atoms with Gasteiger partial charge in [0.25, 0.3) is 5.56 Å². The zero-order chi connectivity index (χ0) is 17.3. The maximum atomic E-state index is 11.8. The fourth-order valence-electron chi connectivity index (χ4n) is 2.21. The number of rotatable bonds is 5. The number of ether oxygens (including phenoxy) is 1. The first-order valence-corrected chi connectivity index (χ1v) is 7.41. The van der Waals surface area contributed by atoms with Gasteiger partial charge in [-0.15, -0.1) is 0 Å². The Balaban J connectivity index is 2.00. The molecule has 124 valence electrons. The molecule has 24 heavy (non-hydrogen) atoms. The van der Waals surface area contributed by atoms with E-state index >= 15 is 0 Å². The van der Waals surface area contributed by atoms with Crippen LogP contribution in [0, 0.1) is 0 Å². The SMILES string of the molecule is NC(=O)CCCOc1ccc2cc3c(=O)[nH]c(=O)nc-3oc2c1Cl. The van der Waals surface area contributed by atoms with Crippen LogP contribution in [0.25, 0.3) is 22.4 Å². The van der Waals surface area contributed by atoms with Crippen LogP contribution in [0.2, 0.25) is 5.02 Å². The molecule has 0 saturated heterocycles.